The molecule has 8 atom stereocenters. The summed E-state index contributed by atoms with van der Waals surface area (Å²) in [6.45, 7) is 6.27. The van der Waals surface area contributed by atoms with E-state index in [4.69, 9.17) is 4.74 Å². The Labute approximate surface area is 190 Å². The fourth-order valence-electron chi connectivity index (χ4n) is 7.57. The minimum atomic E-state index is -1.93. The van der Waals surface area contributed by atoms with E-state index >= 15 is 0 Å². The van der Waals surface area contributed by atoms with E-state index in [1.165, 1.54) is 0 Å². The first-order chi connectivity index (χ1) is 15.1. The zero-order valence-corrected chi connectivity index (χ0v) is 19.5. The van der Waals surface area contributed by atoms with E-state index in [0.29, 0.717) is 13.0 Å². The van der Waals surface area contributed by atoms with Gasteiger partial charge in [-0.25, -0.2) is 0 Å². The zero-order valence-electron chi connectivity index (χ0n) is 19.5. The second kappa shape index (κ2) is 8.46. The van der Waals surface area contributed by atoms with Crippen molar-refractivity contribution in [1.82, 2.24) is 0 Å². The van der Waals surface area contributed by atoms with Crippen molar-refractivity contribution in [2.45, 2.75) is 83.5 Å². The molecule has 0 aromatic rings. The van der Waals surface area contributed by atoms with Crippen molar-refractivity contribution < 1.29 is 29.6 Å². The van der Waals surface area contributed by atoms with Crippen LogP contribution in [-0.2, 0) is 14.3 Å². The molecule has 6 nitrogen and oxygen atoms in total. The average molecular weight is 447 g/mol. The third-order valence-corrected chi connectivity index (χ3v) is 9.27. The molecule has 0 aliphatic heterocycles. The van der Waals surface area contributed by atoms with Gasteiger partial charge in [0.2, 0.25) is 0 Å². The van der Waals surface area contributed by atoms with Gasteiger partial charge in [0.1, 0.15) is 6.61 Å². The van der Waals surface area contributed by atoms with Gasteiger partial charge in [-0.05, 0) is 56.1 Å². The maximum Gasteiger partial charge on any atom is 0.193 e. The first-order valence-corrected chi connectivity index (χ1v) is 12.2. The fraction of sp³-hybridized carbons (Fsp3) is 0.769. The summed E-state index contributed by atoms with van der Waals surface area (Å²) in [7, 11) is 0. The van der Waals surface area contributed by atoms with Crippen LogP contribution in [0, 0.1) is 28.6 Å². The third kappa shape index (κ3) is 3.37. The molecule has 4 aliphatic rings. The molecule has 4 rings (SSSR count). The molecule has 32 heavy (non-hydrogen) atoms. The number of hydrogen-bond acceptors (Lipinski definition) is 6. The number of ketones is 2. The van der Waals surface area contributed by atoms with Crippen molar-refractivity contribution >= 4 is 11.6 Å². The van der Waals surface area contributed by atoms with Crippen LogP contribution < -0.4 is 0 Å². The van der Waals surface area contributed by atoms with Gasteiger partial charge in [0.25, 0.3) is 0 Å². The molecule has 0 amide bonds. The van der Waals surface area contributed by atoms with Crippen molar-refractivity contribution in [2.75, 3.05) is 13.2 Å². The molecule has 0 aromatic carbocycles. The lowest BCUT2D eigenvalue weighted by atomic mass is 9.46. The number of hydrogen-bond donors (Lipinski definition) is 3. The van der Waals surface area contributed by atoms with Crippen molar-refractivity contribution in [3.05, 3.63) is 23.8 Å². The maximum absolute atomic E-state index is 13.2. The summed E-state index contributed by atoms with van der Waals surface area (Å²) in [6.07, 6.45) is 8.32. The van der Waals surface area contributed by atoms with Gasteiger partial charge >= 0.3 is 0 Å². The number of fused-ring (bicyclic) bond motifs is 5. The van der Waals surface area contributed by atoms with Crippen LogP contribution in [0.5, 0.6) is 0 Å². The highest BCUT2D eigenvalue weighted by Crippen LogP contribution is 2.67. The van der Waals surface area contributed by atoms with Crippen LogP contribution in [0.4, 0.5) is 0 Å². The Balaban J connectivity index is 1.59. The Hall–Kier alpha value is -1.34. The predicted molar refractivity (Wildman–Crippen MR) is 120 cm³/mol. The van der Waals surface area contributed by atoms with E-state index in [1.807, 2.05) is 13.0 Å². The molecule has 0 saturated heterocycles. The Kier molecular flexibility index (Phi) is 6.29. The predicted octanol–water partition coefficient (Wildman–Crippen LogP) is 2.74. The molecule has 3 fully saturated rings. The smallest absolute Gasteiger partial charge is 0.193 e. The number of aliphatic hydroxyl groups excluding tert-OH is 2. The highest BCUT2D eigenvalue weighted by Gasteiger charge is 2.71. The molecule has 0 aromatic heterocycles. The van der Waals surface area contributed by atoms with Gasteiger partial charge in [-0.1, -0.05) is 45.3 Å². The highest BCUT2D eigenvalue weighted by molar-refractivity contribution is 6.01. The van der Waals surface area contributed by atoms with Gasteiger partial charge in [0, 0.05) is 23.4 Å². The molecule has 3 N–H and O–H groups in total. The first-order valence-electron chi connectivity index (χ1n) is 12.2. The second-order valence-corrected chi connectivity index (χ2v) is 10.9. The van der Waals surface area contributed by atoms with Crippen molar-refractivity contribution in [1.29, 1.82) is 0 Å². The van der Waals surface area contributed by atoms with Crippen molar-refractivity contribution in [3.8, 4) is 0 Å². The number of ether oxygens (including phenoxy) is 1. The summed E-state index contributed by atoms with van der Waals surface area (Å²) in [6, 6.07) is 0. The second-order valence-electron chi connectivity index (χ2n) is 10.9. The standard InChI is InChI=1S/C26H38O6/c1-4-5-6-11-32-15-22(30)26(31)21(29)13-19-18-8-7-16-12-17(27)9-10-24(16,2)23(18)20(28)14-25(19,26)3/h9-10,12,18-21,23,28-29,31H,4-8,11,13-15H2,1-3H3/t18-,19-,20?,21?,23+,24-,25-,26-/m0/s1. The Morgan fingerprint density at radius 3 is 2.72 bits per heavy atom. The van der Waals surface area contributed by atoms with Gasteiger partial charge in [-0.3, -0.25) is 9.59 Å². The molecule has 2 unspecified atom stereocenters. The Morgan fingerprint density at radius 1 is 1.25 bits per heavy atom. The van der Waals surface area contributed by atoms with Crippen LogP contribution in [0.15, 0.2) is 23.8 Å². The monoisotopic (exact) mass is 446 g/mol. The Bertz CT molecular complexity index is 832. The first kappa shape index (κ1) is 23.8. The molecular formula is C26H38O6. The third-order valence-electron chi connectivity index (χ3n) is 9.27. The van der Waals surface area contributed by atoms with E-state index in [0.717, 1.165) is 37.7 Å². The summed E-state index contributed by atoms with van der Waals surface area (Å²) in [4.78, 5) is 25.1. The maximum atomic E-state index is 13.2. The molecule has 178 valence electrons. The normalized spacial score (nSPS) is 45.1. The zero-order chi connectivity index (χ0) is 23.3. The molecule has 0 bridgehead atoms. The SMILES string of the molecule is CCCCCOCC(=O)[C@@]1(O)C(O)C[C@H]2[C@@H]3CCC4=CC(=O)C=C[C@]4(C)[C@H]3C(O)C[C@@]21C. The fourth-order valence-corrected chi connectivity index (χ4v) is 7.57. The summed E-state index contributed by atoms with van der Waals surface area (Å²) in [5.74, 6) is -0.654. The van der Waals surface area contributed by atoms with E-state index < -0.39 is 34.4 Å². The van der Waals surface area contributed by atoms with E-state index in [1.54, 1.807) is 12.2 Å². The number of Topliss-reactive ketones (excluding diaryl/α,β-unsaturated/α-hetero) is 1. The van der Waals surface area contributed by atoms with Crippen LogP contribution in [0.1, 0.15) is 65.7 Å². The lowest BCUT2D eigenvalue weighted by molar-refractivity contribution is -0.191. The molecular weight excluding hydrogens is 408 g/mol. The van der Waals surface area contributed by atoms with Crippen LogP contribution in [0.3, 0.4) is 0 Å². The summed E-state index contributed by atoms with van der Waals surface area (Å²) >= 11 is 0. The average Bonchev–Trinajstić information content (AvgIpc) is 2.95. The quantitative estimate of drug-likeness (QED) is 0.520. The van der Waals surface area contributed by atoms with Crippen LogP contribution in [0.2, 0.25) is 0 Å². The molecule has 4 aliphatic carbocycles. The van der Waals surface area contributed by atoms with Crippen molar-refractivity contribution in [2.24, 2.45) is 28.6 Å². The number of aliphatic hydroxyl groups is 3. The Morgan fingerprint density at radius 2 is 2.00 bits per heavy atom. The van der Waals surface area contributed by atoms with Gasteiger partial charge in [0.15, 0.2) is 17.2 Å². The lowest BCUT2D eigenvalue weighted by Gasteiger charge is -2.59. The number of rotatable bonds is 7. The minimum absolute atomic E-state index is 0.0127. The molecule has 6 heteroatoms. The molecule has 0 spiro atoms. The van der Waals surface area contributed by atoms with Gasteiger partial charge in [0.05, 0.1) is 12.2 Å². The summed E-state index contributed by atoms with van der Waals surface area (Å²) in [5.41, 5.74) is -2.22. The molecule has 3 saturated carbocycles. The van der Waals surface area contributed by atoms with E-state index in [-0.39, 0.29) is 36.6 Å². The van der Waals surface area contributed by atoms with Crippen LogP contribution >= 0.6 is 0 Å². The number of unbranched alkanes of at least 4 members (excludes halogenated alkanes) is 2. The lowest BCUT2D eigenvalue weighted by Crippen LogP contribution is -2.63. The van der Waals surface area contributed by atoms with Crippen molar-refractivity contribution in [3.63, 3.8) is 0 Å². The highest BCUT2D eigenvalue weighted by atomic mass is 16.5. The number of allylic oxidation sites excluding steroid dienone is 4. The van der Waals surface area contributed by atoms with E-state index in [2.05, 4.69) is 13.8 Å². The van der Waals surface area contributed by atoms with Gasteiger partial charge < -0.3 is 20.1 Å². The largest absolute Gasteiger partial charge is 0.393 e. The van der Waals surface area contributed by atoms with Gasteiger partial charge in [-0.2, -0.15) is 0 Å². The number of carbonyl (C=O) groups is 2. The van der Waals surface area contributed by atoms with Crippen LogP contribution in [0.25, 0.3) is 0 Å². The molecule has 0 radical (unpaired) electrons. The summed E-state index contributed by atoms with van der Waals surface area (Å²) < 4.78 is 5.55. The minimum Gasteiger partial charge on any atom is -0.393 e. The number of carbonyl (C=O) groups excluding carboxylic acids is 2. The van der Waals surface area contributed by atoms with Gasteiger partial charge in [-0.15, -0.1) is 0 Å². The molecule has 0 heterocycles. The topological polar surface area (TPSA) is 104 Å². The van der Waals surface area contributed by atoms with Crippen LogP contribution in [-0.4, -0.2) is 57.9 Å². The summed E-state index contributed by atoms with van der Waals surface area (Å²) in [5, 5.41) is 34.0. The van der Waals surface area contributed by atoms with E-state index in [9.17, 15) is 24.9 Å².